The molecule has 8 nitrogen and oxygen atoms in total. The van der Waals surface area contributed by atoms with Gasteiger partial charge in [-0.25, -0.2) is 9.59 Å². The number of aryl methyl sites for hydroxylation is 2. The molecule has 8 heteroatoms. The van der Waals surface area contributed by atoms with Crippen molar-refractivity contribution in [3.63, 3.8) is 0 Å². The molecule has 0 spiro atoms. The van der Waals surface area contributed by atoms with E-state index in [-0.39, 0.29) is 5.92 Å². The molecule has 0 bridgehead atoms. The van der Waals surface area contributed by atoms with Crippen molar-refractivity contribution in [2.24, 2.45) is 11.7 Å². The molecule has 30 heavy (non-hydrogen) atoms. The third-order valence-electron chi connectivity index (χ3n) is 4.63. The van der Waals surface area contributed by atoms with Crippen molar-refractivity contribution in [3.05, 3.63) is 58.4 Å². The fourth-order valence-electron chi connectivity index (χ4n) is 2.97. The van der Waals surface area contributed by atoms with Gasteiger partial charge >= 0.3 is 12.0 Å². The number of amides is 3. The van der Waals surface area contributed by atoms with Gasteiger partial charge in [-0.1, -0.05) is 43.7 Å². The Balaban J connectivity index is 2.12. The van der Waals surface area contributed by atoms with Crippen LogP contribution in [-0.2, 0) is 20.9 Å². The van der Waals surface area contributed by atoms with Crippen LogP contribution in [0, 0.1) is 26.7 Å². The topological polar surface area (TPSA) is 116 Å². The summed E-state index contributed by atoms with van der Waals surface area (Å²) in [6.45, 7) is 9.85. The zero-order chi connectivity index (χ0) is 22.4. The molecule has 1 unspecified atom stereocenters. The van der Waals surface area contributed by atoms with Crippen LogP contribution in [0.25, 0.3) is 6.08 Å². The van der Waals surface area contributed by atoms with Gasteiger partial charge in [0.25, 0.3) is 5.91 Å². The maximum absolute atomic E-state index is 12.2. The number of nitrogens with one attached hydrogen (secondary N) is 1. The van der Waals surface area contributed by atoms with Crippen LogP contribution in [0.4, 0.5) is 4.79 Å². The Hall–Kier alpha value is -3.42. The first kappa shape index (κ1) is 22.9. The lowest BCUT2D eigenvalue weighted by molar-refractivity contribution is -0.153. The molecular formula is C22H28N4O4. The van der Waals surface area contributed by atoms with E-state index in [9.17, 15) is 14.4 Å². The monoisotopic (exact) mass is 412 g/mol. The number of rotatable bonds is 7. The number of carbonyl (C=O) groups excluding carboxylic acids is 3. The van der Waals surface area contributed by atoms with Gasteiger partial charge in [-0.3, -0.25) is 14.8 Å². The maximum atomic E-state index is 12.2. The van der Waals surface area contributed by atoms with E-state index in [4.69, 9.17) is 10.5 Å². The molecule has 1 aromatic heterocycles. The Labute approximate surface area is 176 Å². The van der Waals surface area contributed by atoms with E-state index in [1.54, 1.807) is 19.9 Å². The molecule has 1 aromatic carbocycles. The molecule has 0 aliphatic rings. The molecule has 3 N–H and O–H groups in total. The highest BCUT2D eigenvalue weighted by atomic mass is 16.5. The number of urea groups is 1. The molecule has 0 aliphatic heterocycles. The van der Waals surface area contributed by atoms with Gasteiger partial charge in [-0.15, -0.1) is 0 Å². The average Bonchev–Trinajstić information content (AvgIpc) is 2.92. The van der Waals surface area contributed by atoms with Crippen LogP contribution in [0.15, 0.2) is 30.3 Å². The van der Waals surface area contributed by atoms with E-state index in [1.807, 2.05) is 30.8 Å². The summed E-state index contributed by atoms with van der Waals surface area (Å²) < 4.78 is 7.09. The summed E-state index contributed by atoms with van der Waals surface area (Å²) in [4.78, 5) is 35.1. The first-order valence-corrected chi connectivity index (χ1v) is 9.67. The van der Waals surface area contributed by atoms with Crippen molar-refractivity contribution in [1.29, 1.82) is 0 Å². The van der Waals surface area contributed by atoms with Crippen molar-refractivity contribution in [1.82, 2.24) is 15.1 Å². The number of ether oxygens (including phenoxy) is 1. The zero-order valence-electron chi connectivity index (χ0n) is 17.9. The van der Waals surface area contributed by atoms with E-state index in [2.05, 4.69) is 29.4 Å². The van der Waals surface area contributed by atoms with Crippen LogP contribution in [-0.4, -0.2) is 33.8 Å². The minimum Gasteiger partial charge on any atom is -0.449 e. The standard InChI is InChI=1S/C22H28N4O4/c1-13(2)20(21(28)24-22(23)29)30-19(27)11-10-18-15(4)25-26(16(18)5)12-17-8-6-14(3)7-9-17/h6-11,13,20H,12H2,1-5H3,(H3,23,24,28,29). The lowest BCUT2D eigenvalue weighted by atomic mass is 10.1. The van der Waals surface area contributed by atoms with Gasteiger partial charge < -0.3 is 10.5 Å². The fraction of sp³-hybridized carbons (Fsp3) is 0.364. The number of primary amides is 1. The number of nitrogens with zero attached hydrogens (tertiary/aromatic N) is 2. The first-order valence-electron chi connectivity index (χ1n) is 9.67. The minimum atomic E-state index is -1.12. The highest BCUT2D eigenvalue weighted by Crippen LogP contribution is 2.17. The Morgan fingerprint density at radius 2 is 1.80 bits per heavy atom. The summed E-state index contributed by atoms with van der Waals surface area (Å²) in [7, 11) is 0. The Kier molecular flexibility index (Phi) is 7.52. The van der Waals surface area contributed by atoms with E-state index < -0.39 is 24.0 Å². The number of hydrogen-bond acceptors (Lipinski definition) is 5. The van der Waals surface area contributed by atoms with Gasteiger partial charge in [-0.2, -0.15) is 5.10 Å². The zero-order valence-corrected chi connectivity index (χ0v) is 17.9. The second kappa shape index (κ2) is 9.87. The number of imide groups is 1. The van der Waals surface area contributed by atoms with E-state index in [0.29, 0.717) is 6.54 Å². The molecule has 0 aliphatic carbocycles. The van der Waals surface area contributed by atoms with Gasteiger partial charge in [0.05, 0.1) is 12.2 Å². The lowest BCUT2D eigenvalue weighted by Crippen LogP contribution is -2.45. The summed E-state index contributed by atoms with van der Waals surface area (Å²) in [5.74, 6) is -1.78. The first-order chi connectivity index (χ1) is 14.1. The minimum absolute atomic E-state index is 0.331. The number of nitrogens with two attached hydrogens (primary N) is 1. The third-order valence-corrected chi connectivity index (χ3v) is 4.63. The highest BCUT2D eigenvalue weighted by molar-refractivity contribution is 5.97. The number of esters is 1. The number of carbonyl (C=O) groups is 3. The van der Waals surface area contributed by atoms with Crippen molar-refractivity contribution in [2.75, 3.05) is 0 Å². The normalized spacial score (nSPS) is 12.2. The van der Waals surface area contributed by atoms with Crippen molar-refractivity contribution in [2.45, 2.75) is 47.3 Å². The molecule has 1 heterocycles. The molecule has 0 radical (unpaired) electrons. The Morgan fingerprint density at radius 1 is 1.17 bits per heavy atom. The summed E-state index contributed by atoms with van der Waals surface area (Å²) in [6, 6.07) is 7.22. The lowest BCUT2D eigenvalue weighted by Gasteiger charge is -2.18. The van der Waals surface area contributed by atoms with Gasteiger partial charge in [0, 0.05) is 17.3 Å². The second-order valence-corrected chi connectivity index (χ2v) is 7.52. The summed E-state index contributed by atoms with van der Waals surface area (Å²) in [5.41, 5.74) is 9.77. The van der Waals surface area contributed by atoms with Crippen molar-refractivity contribution in [3.8, 4) is 0 Å². The van der Waals surface area contributed by atoms with Gasteiger partial charge in [0.2, 0.25) is 0 Å². The van der Waals surface area contributed by atoms with Gasteiger partial charge in [-0.05, 0) is 38.3 Å². The number of aromatic nitrogens is 2. The van der Waals surface area contributed by atoms with Crippen molar-refractivity contribution >= 4 is 24.0 Å². The summed E-state index contributed by atoms with van der Waals surface area (Å²) >= 11 is 0. The van der Waals surface area contributed by atoms with E-state index in [0.717, 1.165) is 22.5 Å². The molecule has 2 rings (SSSR count). The summed E-state index contributed by atoms with van der Waals surface area (Å²) in [6.07, 6.45) is 1.75. The largest absolute Gasteiger partial charge is 0.449 e. The van der Waals surface area contributed by atoms with Crippen LogP contribution in [0.2, 0.25) is 0 Å². The Bertz CT molecular complexity index is 958. The molecule has 3 amide bonds. The van der Waals surface area contributed by atoms with E-state index >= 15 is 0 Å². The van der Waals surface area contributed by atoms with Crippen LogP contribution in [0.1, 0.15) is 41.9 Å². The molecular weight excluding hydrogens is 384 g/mol. The predicted molar refractivity (Wildman–Crippen MR) is 113 cm³/mol. The van der Waals surface area contributed by atoms with Crippen LogP contribution in [0.5, 0.6) is 0 Å². The number of hydrogen-bond donors (Lipinski definition) is 2. The molecule has 1 atom stereocenters. The van der Waals surface area contributed by atoms with Crippen LogP contribution in [0.3, 0.4) is 0 Å². The summed E-state index contributed by atoms with van der Waals surface area (Å²) in [5, 5.41) is 6.49. The predicted octanol–water partition coefficient (Wildman–Crippen LogP) is 2.63. The number of benzene rings is 1. The fourth-order valence-corrected chi connectivity index (χ4v) is 2.97. The molecule has 0 saturated heterocycles. The molecule has 0 fully saturated rings. The van der Waals surface area contributed by atoms with Crippen LogP contribution < -0.4 is 11.1 Å². The SMILES string of the molecule is Cc1ccc(Cn2nc(C)c(C=CC(=O)OC(C(=O)NC(N)=O)C(C)C)c2C)cc1. The highest BCUT2D eigenvalue weighted by Gasteiger charge is 2.26. The average molecular weight is 412 g/mol. The second-order valence-electron chi connectivity index (χ2n) is 7.52. The van der Waals surface area contributed by atoms with Gasteiger partial charge in [0.15, 0.2) is 6.10 Å². The molecule has 2 aromatic rings. The van der Waals surface area contributed by atoms with Crippen molar-refractivity contribution < 1.29 is 19.1 Å². The third kappa shape index (κ3) is 6.04. The Morgan fingerprint density at radius 3 is 2.37 bits per heavy atom. The van der Waals surface area contributed by atoms with E-state index in [1.165, 1.54) is 11.6 Å². The maximum Gasteiger partial charge on any atom is 0.331 e. The quantitative estimate of drug-likeness (QED) is 0.536. The smallest absolute Gasteiger partial charge is 0.331 e. The van der Waals surface area contributed by atoms with Gasteiger partial charge in [0.1, 0.15) is 0 Å². The molecule has 160 valence electrons. The molecule has 0 saturated carbocycles. The van der Waals surface area contributed by atoms with Crippen LogP contribution >= 0.6 is 0 Å².